The first-order valence-corrected chi connectivity index (χ1v) is 9.57. The van der Waals surface area contributed by atoms with Crippen molar-refractivity contribution in [3.8, 4) is 0 Å². The van der Waals surface area contributed by atoms with Crippen molar-refractivity contribution in [2.24, 2.45) is 0 Å². The molecule has 130 valence electrons. The van der Waals surface area contributed by atoms with Crippen LogP contribution in [0.25, 0.3) is 0 Å². The predicted molar refractivity (Wildman–Crippen MR) is 95.5 cm³/mol. The van der Waals surface area contributed by atoms with Gasteiger partial charge in [-0.3, -0.25) is 9.52 Å². The van der Waals surface area contributed by atoms with E-state index < -0.39 is 10.0 Å². The number of rotatable bonds is 5. The van der Waals surface area contributed by atoms with E-state index in [-0.39, 0.29) is 16.6 Å². The van der Waals surface area contributed by atoms with Crippen LogP contribution in [-0.4, -0.2) is 19.5 Å². The maximum Gasteiger partial charge on any atom is 0.265 e. The minimum atomic E-state index is -3.78. The second-order valence-corrected chi connectivity index (χ2v) is 8.29. The van der Waals surface area contributed by atoms with Gasteiger partial charge in [0.05, 0.1) is 9.77 Å². The first-order valence-electron chi connectivity index (χ1n) is 7.27. The van der Waals surface area contributed by atoms with E-state index in [0.29, 0.717) is 16.3 Å². The van der Waals surface area contributed by atoms with E-state index in [9.17, 15) is 13.2 Å². The van der Waals surface area contributed by atoms with Crippen molar-refractivity contribution in [1.29, 1.82) is 0 Å². The van der Waals surface area contributed by atoms with Crippen molar-refractivity contribution in [2.45, 2.75) is 18.7 Å². The summed E-state index contributed by atoms with van der Waals surface area (Å²) in [6.07, 6.45) is 0. The van der Waals surface area contributed by atoms with Crippen LogP contribution in [0.15, 0.2) is 51.9 Å². The van der Waals surface area contributed by atoms with Crippen molar-refractivity contribution >= 4 is 38.8 Å². The number of sulfonamides is 1. The first kappa shape index (κ1) is 17.2. The number of amides is 1. The van der Waals surface area contributed by atoms with Gasteiger partial charge in [0.15, 0.2) is 5.82 Å². The van der Waals surface area contributed by atoms with Gasteiger partial charge in [-0.05, 0) is 50.2 Å². The zero-order chi connectivity index (χ0) is 18.0. The number of nitrogens with one attached hydrogen (secondary N) is 2. The third-order valence-corrected chi connectivity index (χ3v) is 5.62. The lowest BCUT2D eigenvalue weighted by molar-refractivity contribution is 0.103. The molecule has 1 amide bonds. The summed E-state index contributed by atoms with van der Waals surface area (Å²) in [6, 6.07) is 11.0. The highest BCUT2D eigenvalue weighted by Gasteiger charge is 2.16. The molecule has 0 aliphatic heterocycles. The Morgan fingerprint density at radius 3 is 2.40 bits per heavy atom. The lowest BCUT2D eigenvalue weighted by atomic mass is 10.3. The van der Waals surface area contributed by atoms with Crippen LogP contribution in [0.4, 0.5) is 11.5 Å². The average molecular weight is 377 g/mol. The van der Waals surface area contributed by atoms with Gasteiger partial charge in [-0.15, -0.1) is 11.3 Å². The molecule has 0 saturated carbocycles. The number of carbonyl (C=O) groups excluding carboxylic acids is 1. The van der Waals surface area contributed by atoms with Gasteiger partial charge in [0.2, 0.25) is 0 Å². The van der Waals surface area contributed by atoms with E-state index in [4.69, 9.17) is 4.52 Å². The highest BCUT2D eigenvalue weighted by atomic mass is 32.2. The maximum atomic E-state index is 12.3. The summed E-state index contributed by atoms with van der Waals surface area (Å²) in [5.74, 6) is 0.382. The molecule has 0 atom stereocenters. The molecule has 25 heavy (non-hydrogen) atoms. The van der Waals surface area contributed by atoms with Crippen molar-refractivity contribution in [2.75, 3.05) is 10.0 Å². The molecule has 2 aromatic heterocycles. The molecule has 0 bridgehead atoms. The van der Waals surface area contributed by atoms with Crippen LogP contribution < -0.4 is 10.0 Å². The number of hydrogen-bond acceptors (Lipinski definition) is 6. The van der Waals surface area contributed by atoms with Gasteiger partial charge in [-0.2, -0.15) is 0 Å². The number of nitrogens with zero attached hydrogens (tertiary/aromatic N) is 1. The van der Waals surface area contributed by atoms with Crippen molar-refractivity contribution in [3.63, 3.8) is 0 Å². The Morgan fingerprint density at radius 1 is 1.12 bits per heavy atom. The van der Waals surface area contributed by atoms with Crippen LogP contribution in [0.3, 0.4) is 0 Å². The average Bonchev–Trinajstić information content (AvgIpc) is 3.16. The molecule has 0 saturated heterocycles. The summed E-state index contributed by atoms with van der Waals surface area (Å²) >= 11 is 1.39. The molecule has 1 aromatic carbocycles. The van der Waals surface area contributed by atoms with Gasteiger partial charge < -0.3 is 9.84 Å². The molecule has 0 radical (unpaired) electrons. The second kappa shape index (κ2) is 6.69. The molecule has 7 nitrogen and oxygen atoms in total. The summed E-state index contributed by atoms with van der Waals surface area (Å²) in [6.45, 7) is 3.59. The lowest BCUT2D eigenvalue weighted by Crippen LogP contribution is -2.14. The number of carbonyl (C=O) groups is 1. The standard InChI is InChI=1S/C16H15N3O4S2/c1-10-9-15(18-23-10)19-25(21,22)13-6-4-12(5-7-13)17-16(20)14-8-3-11(2)24-14/h3-9H,1-2H3,(H,17,20)(H,18,19). The van der Waals surface area contributed by atoms with Crippen LogP contribution >= 0.6 is 11.3 Å². The number of thiophene rings is 1. The van der Waals surface area contributed by atoms with Crippen molar-refractivity contribution in [1.82, 2.24) is 5.16 Å². The lowest BCUT2D eigenvalue weighted by Gasteiger charge is -2.07. The van der Waals surface area contributed by atoms with Crippen LogP contribution in [0, 0.1) is 13.8 Å². The Morgan fingerprint density at radius 2 is 1.84 bits per heavy atom. The molecule has 9 heteroatoms. The number of hydrogen-bond donors (Lipinski definition) is 2. The van der Waals surface area contributed by atoms with Crippen LogP contribution in [0.5, 0.6) is 0 Å². The predicted octanol–water partition coefficient (Wildman–Crippen LogP) is 3.41. The number of benzene rings is 1. The number of aryl methyl sites for hydroxylation is 2. The second-order valence-electron chi connectivity index (χ2n) is 5.32. The molecule has 0 fully saturated rings. The Bertz CT molecular complexity index is 1000. The highest BCUT2D eigenvalue weighted by Crippen LogP contribution is 2.20. The Kier molecular flexibility index (Phi) is 4.60. The van der Waals surface area contributed by atoms with Gasteiger partial charge in [0, 0.05) is 16.6 Å². The zero-order valence-corrected chi connectivity index (χ0v) is 15.1. The van der Waals surface area contributed by atoms with Crippen molar-refractivity contribution in [3.05, 3.63) is 58.0 Å². The number of anilines is 2. The van der Waals surface area contributed by atoms with Gasteiger partial charge in [0.1, 0.15) is 5.76 Å². The maximum absolute atomic E-state index is 12.3. The van der Waals surface area contributed by atoms with Crippen molar-refractivity contribution < 1.29 is 17.7 Å². The van der Waals surface area contributed by atoms with Gasteiger partial charge >= 0.3 is 0 Å². The zero-order valence-electron chi connectivity index (χ0n) is 13.4. The molecular formula is C16H15N3O4S2. The summed E-state index contributed by atoms with van der Waals surface area (Å²) in [7, 11) is -3.78. The SMILES string of the molecule is Cc1cc(NS(=O)(=O)c2ccc(NC(=O)c3ccc(C)s3)cc2)no1. The van der Waals surface area contributed by atoms with E-state index in [2.05, 4.69) is 15.2 Å². The topological polar surface area (TPSA) is 101 Å². The van der Waals surface area contributed by atoms with Crippen LogP contribution in [0.1, 0.15) is 20.3 Å². The molecule has 3 aromatic rings. The molecule has 0 aliphatic rings. The normalized spacial score (nSPS) is 11.3. The summed E-state index contributed by atoms with van der Waals surface area (Å²) in [4.78, 5) is 13.8. The van der Waals surface area contributed by atoms with Gasteiger partial charge in [0.25, 0.3) is 15.9 Å². The Labute approximate surface area is 148 Å². The van der Waals surface area contributed by atoms with E-state index in [1.165, 1.54) is 41.7 Å². The fourth-order valence-electron chi connectivity index (χ4n) is 2.08. The molecule has 3 rings (SSSR count). The van der Waals surface area contributed by atoms with Gasteiger partial charge in [-0.1, -0.05) is 5.16 Å². The molecule has 0 aliphatic carbocycles. The monoisotopic (exact) mass is 377 g/mol. The molecule has 2 heterocycles. The number of aromatic nitrogens is 1. The minimum absolute atomic E-state index is 0.0538. The first-order chi connectivity index (χ1) is 11.8. The Balaban J connectivity index is 1.72. The molecular weight excluding hydrogens is 362 g/mol. The van der Waals surface area contributed by atoms with Crippen LogP contribution in [0.2, 0.25) is 0 Å². The van der Waals surface area contributed by atoms with Crippen LogP contribution in [-0.2, 0) is 10.0 Å². The fraction of sp³-hybridized carbons (Fsp3) is 0.125. The minimum Gasteiger partial charge on any atom is -0.360 e. The summed E-state index contributed by atoms with van der Waals surface area (Å²) in [5, 5.41) is 6.33. The summed E-state index contributed by atoms with van der Waals surface area (Å²) < 4.78 is 31.7. The quantitative estimate of drug-likeness (QED) is 0.709. The fourth-order valence-corrected chi connectivity index (χ4v) is 3.82. The highest BCUT2D eigenvalue weighted by molar-refractivity contribution is 7.92. The Hall–Kier alpha value is -2.65. The van der Waals surface area contributed by atoms with E-state index in [1.54, 1.807) is 13.0 Å². The van der Waals surface area contributed by atoms with E-state index >= 15 is 0 Å². The molecule has 0 spiro atoms. The van der Waals surface area contributed by atoms with E-state index in [0.717, 1.165) is 4.88 Å². The summed E-state index contributed by atoms with van der Waals surface area (Å²) in [5.41, 5.74) is 0.507. The molecule has 2 N–H and O–H groups in total. The third kappa shape index (κ3) is 4.06. The largest absolute Gasteiger partial charge is 0.360 e. The molecule has 0 unspecified atom stereocenters. The smallest absolute Gasteiger partial charge is 0.265 e. The van der Waals surface area contributed by atoms with Gasteiger partial charge in [-0.25, -0.2) is 8.42 Å². The van der Waals surface area contributed by atoms with E-state index in [1.807, 2.05) is 13.0 Å². The third-order valence-electron chi connectivity index (χ3n) is 3.25.